The van der Waals surface area contributed by atoms with Crippen LogP contribution in [-0.4, -0.2) is 29.6 Å². The number of nitrogens with two attached hydrogens (primary N) is 1. The van der Waals surface area contributed by atoms with E-state index in [4.69, 9.17) is 5.84 Å². The Bertz CT molecular complexity index is 242. The van der Waals surface area contributed by atoms with Crippen LogP contribution in [0.2, 0.25) is 0 Å². The van der Waals surface area contributed by atoms with Crippen LogP contribution in [-0.2, 0) is 0 Å². The third-order valence-electron chi connectivity index (χ3n) is 5.43. The predicted octanol–water partition coefficient (Wildman–Crippen LogP) is 2.66. The van der Waals surface area contributed by atoms with E-state index in [-0.39, 0.29) is 0 Å². The largest absolute Gasteiger partial charge is 0.296 e. The summed E-state index contributed by atoms with van der Waals surface area (Å²) in [6.07, 6.45) is 10.8. The van der Waals surface area contributed by atoms with Crippen molar-refractivity contribution in [1.82, 2.24) is 10.3 Å². The molecule has 2 rings (SSSR count). The summed E-state index contributed by atoms with van der Waals surface area (Å²) in [4.78, 5) is 2.78. The van der Waals surface area contributed by atoms with Gasteiger partial charge in [-0.1, -0.05) is 39.5 Å². The van der Waals surface area contributed by atoms with Gasteiger partial charge >= 0.3 is 0 Å². The Morgan fingerprint density at radius 3 is 2.22 bits per heavy atom. The van der Waals surface area contributed by atoms with Crippen molar-refractivity contribution in [1.29, 1.82) is 0 Å². The molecule has 0 radical (unpaired) electrons. The zero-order valence-corrected chi connectivity index (χ0v) is 12.3. The summed E-state index contributed by atoms with van der Waals surface area (Å²) in [7, 11) is 0. The highest BCUT2D eigenvalue weighted by atomic mass is 15.3. The lowest BCUT2D eigenvalue weighted by atomic mass is 9.78. The van der Waals surface area contributed by atoms with Gasteiger partial charge in [0.15, 0.2) is 0 Å². The zero-order valence-electron chi connectivity index (χ0n) is 12.3. The van der Waals surface area contributed by atoms with Crippen molar-refractivity contribution >= 4 is 0 Å². The van der Waals surface area contributed by atoms with Gasteiger partial charge in [-0.2, -0.15) is 0 Å². The van der Waals surface area contributed by atoms with Crippen molar-refractivity contribution in [2.45, 2.75) is 76.8 Å². The maximum absolute atomic E-state index is 5.94. The number of rotatable bonds is 5. The van der Waals surface area contributed by atoms with Gasteiger partial charge in [-0.3, -0.25) is 16.2 Å². The number of hydrogen-bond acceptors (Lipinski definition) is 3. The van der Waals surface area contributed by atoms with Gasteiger partial charge in [0, 0.05) is 11.6 Å². The quantitative estimate of drug-likeness (QED) is 0.584. The molecule has 3 heteroatoms. The monoisotopic (exact) mass is 253 g/mol. The lowest BCUT2D eigenvalue weighted by molar-refractivity contribution is 0.0188. The van der Waals surface area contributed by atoms with Gasteiger partial charge in [0.05, 0.1) is 0 Å². The molecule has 106 valence electrons. The third kappa shape index (κ3) is 2.59. The fourth-order valence-electron chi connectivity index (χ4n) is 4.24. The smallest absolute Gasteiger partial charge is 0.0420 e. The number of hydrazine groups is 1. The first-order valence-corrected chi connectivity index (χ1v) is 7.96. The Kier molecular flexibility index (Phi) is 5.05. The van der Waals surface area contributed by atoms with Crippen molar-refractivity contribution in [2.75, 3.05) is 13.1 Å². The van der Waals surface area contributed by atoms with Crippen LogP contribution in [0.5, 0.6) is 0 Å². The van der Waals surface area contributed by atoms with E-state index in [0.717, 1.165) is 0 Å². The van der Waals surface area contributed by atoms with Crippen molar-refractivity contribution in [3.8, 4) is 0 Å². The maximum atomic E-state index is 5.94. The van der Waals surface area contributed by atoms with Gasteiger partial charge < -0.3 is 0 Å². The van der Waals surface area contributed by atoms with Crippen LogP contribution in [0.3, 0.4) is 0 Å². The van der Waals surface area contributed by atoms with Crippen LogP contribution < -0.4 is 11.3 Å². The van der Waals surface area contributed by atoms with Crippen molar-refractivity contribution in [2.24, 2.45) is 11.8 Å². The highest BCUT2D eigenvalue weighted by molar-refractivity contribution is 5.05. The van der Waals surface area contributed by atoms with E-state index in [0.29, 0.717) is 17.5 Å². The number of nitrogens with one attached hydrogen (secondary N) is 1. The van der Waals surface area contributed by atoms with E-state index in [9.17, 15) is 0 Å². The second-order valence-electron chi connectivity index (χ2n) is 6.39. The molecule has 1 heterocycles. The Hall–Kier alpha value is -0.120. The molecule has 0 aromatic heterocycles. The lowest BCUT2D eigenvalue weighted by Crippen LogP contribution is -2.64. The second kappa shape index (κ2) is 6.36. The number of piperidine rings is 1. The third-order valence-corrected chi connectivity index (χ3v) is 5.43. The van der Waals surface area contributed by atoms with Gasteiger partial charge in [-0.25, -0.2) is 0 Å². The van der Waals surface area contributed by atoms with E-state index >= 15 is 0 Å². The Balaban J connectivity index is 2.18. The average molecular weight is 253 g/mol. The molecule has 0 bridgehead atoms. The SMILES string of the molecule is CCC(C)C(NN)C1(N2CCCCC2)CCCC1. The van der Waals surface area contributed by atoms with E-state index in [1.165, 1.54) is 64.5 Å². The van der Waals surface area contributed by atoms with E-state index < -0.39 is 0 Å². The highest BCUT2D eigenvalue weighted by Crippen LogP contribution is 2.42. The molecule has 2 atom stereocenters. The Morgan fingerprint density at radius 2 is 1.72 bits per heavy atom. The van der Waals surface area contributed by atoms with Crippen LogP contribution in [0.4, 0.5) is 0 Å². The molecule has 3 N–H and O–H groups in total. The average Bonchev–Trinajstić information content (AvgIpc) is 2.91. The standard InChI is InChI=1S/C15H31N3/c1-3-13(2)14(17-16)15(9-5-6-10-15)18-11-7-4-8-12-18/h13-14,17H,3-12,16H2,1-2H3. The molecule has 2 unspecified atom stereocenters. The van der Waals surface area contributed by atoms with Gasteiger partial charge in [-0.05, 0) is 44.7 Å². The summed E-state index contributed by atoms with van der Waals surface area (Å²) < 4.78 is 0. The molecule has 1 aliphatic carbocycles. The van der Waals surface area contributed by atoms with Crippen LogP contribution in [0.25, 0.3) is 0 Å². The lowest BCUT2D eigenvalue weighted by Gasteiger charge is -2.50. The summed E-state index contributed by atoms with van der Waals surface area (Å²) in [6.45, 7) is 7.21. The van der Waals surface area contributed by atoms with E-state index in [2.05, 4.69) is 24.2 Å². The van der Waals surface area contributed by atoms with E-state index in [1.54, 1.807) is 0 Å². The van der Waals surface area contributed by atoms with E-state index in [1.807, 2.05) is 0 Å². The molecule has 2 aliphatic rings. The van der Waals surface area contributed by atoms with Crippen LogP contribution in [0.1, 0.15) is 65.2 Å². The molecule has 3 nitrogen and oxygen atoms in total. The minimum absolute atomic E-state index is 0.352. The Morgan fingerprint density at radius 1 is 1.11 bits per heavy atom. The van der Waals surface area contributed by atoms with Crippen molar-refractivity contribution < 1.29 is 0 Å². The van der Waals surface area contributed by atoms with Crippen LogP contribution in [0.15, 0.2) is 0 Å². The molecule has 2 fully saturated rings. The molecule has 1 saturated heterocycles. The van der Waals surface area contributed by atoms with Gasteiger partial charge in [0.1, 0.15) is 0 Å². The molecule has 0 amide bonds. The second-order valence-corrected chi connectivity index (χ2v) is 6.39. The molecule has 0 aromatic carbocycles. The maximum Gasteiger partial charge on any atom is 0.0420 e. The Labute approximate surface area is 112 Å². The minimum atomic E-state index is 0.352. The number of likely N-dealkylation sites (tertiary alicyclic amines) is 1. The topological polar surface area (TPSA) is 41.3 Å². The fraction of sp³-hybridized carbons (Fsp3) is 1.00. The normalized spacial score (nSPS) is 28.2. The molecule has 18 heavy (non-hydrogen) atoms. The highest BCUT2D eigenvalue weighted by Gasteiger charge is 2.47. The first kappa shape index (κ1) is 14.3. The first-order chi connectivity index (χ1) is 8.74. The van der Waals surface area contributed by atoms with Gasteiger partial charge in [-0.15, -0.1) is 0 Å². The van der Waals surface area contributed by atoms with Crippen molar-refractivity contribution in [3.05, 3.63) is 0 Å². The summed E-state index contributed by atoms with van der Waals surface area (Å²) in [5, 5.41) is 0. The van der Waals surface area contributed by atoms with Gasteiger partial charge in [0.25, 0.3) is 0 Å². The number of hydrogen-bond donors (Lipinski definition) is 2. The fourth-order valence-corrected chi connectivity index (χ4v) is 4.24. The molecule has 1 saturated carbocycles. The first-order valence-electron chi connectivity index (χ1n) is 7.96. The van der Waals surface area contributed by atoms with Gasteiger partial charge in [0.2, 0.25) is 0 Å². The van der Waals surface area contributed by atoms with Crippen LogP contribution >= 0.6 is 0 Å². The summed E-state index contributed by atoms with van der Waals surface area (Å²) in [5.41, 5.74) is 3.54. The predicted molar refractivity (Wildman–Crippen MR) is 77.2 cm³/mol. The summed E-state index contributed by atoms with van der Waals surface area (Å²) in [5.74, 6) is 6.61. The summed E-state index contributed by atoms with van der Waals surface area (Å²) >= 11 is 0. The number of nitrogens with zero attached hydrogens (tertiary/aromatic N) is 1. The minimum Gasteiger partial charge on any atom is -0.296 e. The summed E-state index contributed by atoms with van der Waals surface area (Å²) in [6, 6.07) is 0.461. The molecule has 0 spiro atoms. The molecule has 0 aromatic rings. The molecular weight excluding hydrogens is 222 g/mol. The van der Waals surface area contributed by atoms with Crippen molar-refractivity contribution in [3.63, 3.8) is 0 Å². The zero-order chi connectivity index (χ0) is 13.0. The molecular formula is C15H31N3. The molecule has 1 aliphatic heterocycles. The van der Waals surface area contributed by atoms with Crippen LogP contribution in [0, 0.1) is 5.92 Å².